The van der Waals surface area contributed by atoms with E-state index in [4.69, 9.17) is 16.3 Å². The predicted octanol–water partition coefficient (Wildman–Crippen LogP) is 3.47. The summed E-state index contributed by atoms with van der Waals surface area (Å²) in [5.41, 5.74) is 3.16. The second kappa shape index (κ2) is 6.08. The van der Waals surface area contributed by atoms with E-state index in [1.54, 1.807) is 0 Å². The zero-order valence-electron chi connectivity index (χ0n) is 11.7. The number of rotatable bonds is 3. The number of nitrogens with one attached hydrogen (secondary N) is 1. The summed E-state index contributed by atoms with van der Waals surface area (Å²) in [6.07, 6.45) is 2.18. The Morgan fingerprint density at radius 2 is 2.10 bits per heavy atom. The molecule has 2 aromatic rings. The van der Waals surface area contributed by atoms with Crippen LogP contribution in [0.3, 0.4) is 0 Å². The minimum absolute atomic E-state index is 0.561. The molecule has 0 atom stereocenters. The Bertz CT molecular complexity index is 609. The fourth-order valence-electron chi connectivity index (χ4n) is 2.63. The van der Waals surface area contributed by atoms with Gasteiger partial charge < -0.3 is 10.1 Å². The van der Waals surface area contributed by atoms with E-state index in [0.717, 1.165) is 54.2 Å². The maximum Gasteiger partial charge on any atom is 0.0720 e. The molecule has 1 fully saturated rings. The molecule has 4 heteroatoms. The number of halogens is 1. The number of aromatic nitrogens is 1. The zero-order valence-corrected chi connectivity index (χ0v) is 12.4. The summed E-state index contributed by atoms with van der Waals surface area (Å²) in [6.45, 7) is 4.56. The lowest BCUT2D eigenvalue weighted by molar-refractivity contribution is 0.0776. The van der Waals surface area contributed by atoms with Crippen LogP contribution in [-0.4, -0.2) is 24.2 Å². The van der Waals surface area contributed by atoms with Crippen molar-refractivity contribution in [1.29, 1.82) is 0 Å². The molecule has 0 spiro atoms. The van der Waals surface area contributed by atoms with Crippen LogP contribution in [0.15, 0.2) is 24.3 Å². The summed E-state index contributed by atoms with van der Waals surface area (Å²) in [4.78, 5) is 4.51. The molecule has 2 heterocycles. The largest absolute Gasteiger partial charge is 0.381 e. The molecule has 0 aliphatic carbocycles. The van der Waals surface area contributed by atoms with Crippen molar-refractivity contribution in [3.63, 3.8) is 0 Å². The van der Waals surface area contributed by atoms with Gasteiger partial charge in [0.15, 0.2) is 0 Å². The number of hydrogen-bond acceptors (Lipinski definition) is 3. The SMILES string of the molecule is Cc1cc(Cl)c2cc(CNC3CCOCC3)ccc2n1. The molecule has 1 saturated heterocycles. The molecule has 20 heavy (non-hydrogen) atoms. The number of ether oxygens (including phenoxy) is 1. The molecule has 3 rings (SSSR count). The van der Waals surface area contributed by atoms with Crippen molar-refractivity contribution in [2.75, 3.05) is 13.2 Å². The molecule has 106 valence electrons. The Morgan fingerprint density at radius 1 is 1.30 bits per heavy atom. The number of benzene rings is 1. The van der Waals surface area contributed by atoms with Gasteiger partial charge >= 0.3 is 0 Å². The zero-order chi connectivity index (χ0) is 13.9. The molecule has 0 radical (unpaired) electrons. The molecule has 1 aromatic heterocycles. The summed E-state index contributed by atoms with van der Waals surface area (Å²) in [7, 11) is 0. The Kier molecular flexibility index (Phi) is 4.20. The quantitative estimate of drug-likeness (QED) is 0.940. The van der Waals surface area contributed by atoms with Crippen molar-refractivity contribution in [1.82, 2.24) is 10.3 Å². The molecule has 0 unspecified atom stereocenters. The number of fused-ring (bicyclic) bond motifs is 1. The van der Waals surface area contributed by atoms with Gasteiger partial charge in [0.2, 0.25) is 0 Å². The summed E-state index contributed by atoms with van der Waals surface area (Å²) < 4.78 is 5.37. The first-order chi connectivity index (χ1) is 9.72. The lowest BCUT2D eigenvalue weighted by atomic mass is 10.1. The Labute approximate surface area is 124 Å². The molecule has 1 aliphatic heterocycles. The number of hydrogen-bond donors (Lipinski definition) is 1. The van der Waals surface area contributed by atoms with E-state index < -0.39 is 0 Å². The van der Waals surface area contributed by atoms with Crippen molar-refractivity contribution in [3.8, 4) is 0 Å². The van der Waals surface area contributed by atoms with Crippen molar-refractivity contribution in [2.45, 2.75) is 32.4 Å². The van der Waals surface area contributed by atoms with E-state index in [2.05, 4.69) is 28.5 Å². The van der Waals surface area contributed by atoms with Gasteiger partial charge in [0.05, 0.1) is 10.5 Å². The third-order valence-electron chi connectivity index (χ3n) is 3.77. The lowest BCUT2D eigenvalue weighted by Gasteiger charge is -2.23. The molecule has 1 aliphatic rings. The van der Waals surface area contributed by atoms with Crippen LogP contribution in [-0.2, 0) is 11.3 Å². The molecule has 3 nitrogen and oxygen atoms in total. The molecule has 0 bridgehead atoms. The van der Waals surface area contributed by atoms with Crippen LogP contribution in [0.4, 0.5) is 0 Å². The third kappa shape index (κ3) is 3.11. The normalized spacial score (nSPS) is 16.7. The third-order valence-corrected chi connectivity index (χ3v) is 4.08. The highest BCUT2D eigenvalue weighted by Gasteiger charge is 2.13. The van der Waals surface area contributed by atoms with Crippen LogP contribution in [0.25, 0.3) is 10.9 Å². The minimum atomic E-state index is 0.561. The Morgan fingerprint density at radius 3 is 2.90 bits per heavy atom. The molecular weight excluding hydrogens is 272 g/mol. The minimum Gasteiger partial charge on any atom is -0.381 e. The smallest absolute Gasteiger partial charge is 0.0720 e. The van der Waals surface area contributed by atoms with Crippen LogP contribution in [0.5, 0.6) is 0 Å². The van der Waals surface area contributed by atoms with Gasteiger partial charge in [-0.05, 0) is 43.5 Å². The summed E-state index contributed by atoms with van der Waals surface area (Å²) in [5, 5.41) is 5.40. The molecule has 1 aromatic carbocycles. The van der Waals surface area contributed by atoms with Crippen molar-refractivity contribution >= 4 is 22.5 Å². The van der Waals surface area contributed by atoms with Gasteiger partial charge in [-0.2, -0.15) is 0 Å². The highest BCUT2D eigenvalue weighted by Crippen LogP contribution is 2.24. The maximum absolute atomic E-state index is 6.31. The van der Waals surface area contributed by atoms with E-state index in [1.165, 1.54) is 5.56 Å². The predicted molar refractivity (Wildman–Crippen MR) is 82.2 cm³/mol. The van der Waals surface area contributed by atoms with Gasteiger partial charge in [-0.15, -0.1) is 0 Å². The highest BCUT2D eigenvalue weighted by molar-refractivity contribution is 6.35. The summed E-state index contributed by atoms with van der Waals surface area (Å²) in [5.74, 6) is 0. The maximum atomic E-state index is 6.31. The first kappa shape index (κ1) is 13.8. The van der Waals surface area contributed by atoms with Gasteiger partial charge in [-0.25, -0.2) is 0 Å². The Hall–Kier alpha value is -1.16. The first-order valence-electron chi connectivity index (χ1n) is 7.09. The van der Waals surface area contributed by atoms with Gasteiger partial charge in [0.25, 0.3) is 0 Å². The summed E-state index contributed by atoms with van der Waals surface area (Å²) >= 11 is 6.31. The van der Waals surface area contributed by atoms with Crippen molar-refractivity contribution in [3.05, 3.63) is 40.5 Å². The second-order valence-electron chi connectivity index (χ2n) is 5.36. The average molecular weight is 291 g/mol. The van der Waals surface area contributed by atoms with Crippen molar-refractivity contribution < 1.29 is 4.74 Å². The van der Waals surface area contributed by atoms with Crippen molar-refractivity contribution in [2.24, 2.45) is 0 Å². The van der Waals surface area contributed by atoms with Gasteiger partial charge in [-0.3, -0.25) is 4.98 Å². The molecule has 0 amide bonds. The molecular formula is C16H19ClN2O. The second-order valence-corrected chi connectivity index (χ2v) is 5.77. The Balaban J connectivity index is 1.75. The van der Waals surface area contributed by atoms with Crippen LogP contribution in [0.1, 0.15) is 24.1 Å². The van der Waals surface area contributed by atoms with Crippen LogP contribution >= 0.6 is 11.6 Å². The first-order valence-corrected chi connectivity index (χ1v) is 7.47. The van der Waals surface area contributed by atoms with Gasteiger partial charge in [-0.1, -0.05) is 17.7 Å². The van der Waals surface area contributed by atoms with E-state index >= 15 is 0 Å². The fraction of sp³-hybridized carbons (Fsp3) is 0.438. The van der Waals surface area contributed by atoms with Crippen LogP contribution in [0.2, 0.25) is 5.02 Å². The fourth-order valence-corrected chi connectivity index (χ4v) is 2.94. The monoisotopic (exact) mass is 290 g/mol. The number of nitrogens with zero attached hydrogens (tertiary/aromatic N) is 1. The topological polar surface area (TPSA) is 34.1 Å². The van der Waals surface area contributed by atoms with E-state index in [1.807, 2.05) is 13.0 Å². The van der Waals surface area contributed by atoms with E-state index in [9.17, 15) is 0 Å². The standard InChI is InChI=1S/C16H19ClN2O/c1-11-8-15(17)14-9-12(2-3-16(14)19-11)10-18-13-4-6-20-7-5-13/h2-3,8-9,13,18H,4-7,10H2,1H3. The number of pyridine rings is 1. The van der Waals surface area contributed by atoms with E-state index in [-0.39, 0.29) is 0 Å². The van der Waals surface area contributed by atoms with E-state index in [0.29, 0.717) is 6.04 Å². The molecule has 0 saturated carbocycles. The van der Waals surface area contributed by atoms with Crippen LogP contribution < -0.4 is 5.32 Å². The molecule has 1 N–H and O–H groups in total. The number of aryl methyl sites for hydroxylation is 1. The van der Waals surface area contributed by atoms with Gasteiger partial charge in [0.1, 0.15) is 0 Å². The summed E-state index contributed by atoms with van der Waals surface area (Å²) in [6, 6.07) is 8.79. The van der Waals surface area contributed by atoms with Gasteiger partial charge in [0, 0.05) is 36.9 Å². The highest BCUT2D eigenvalue weighted by atomic mass is 35.5. The van der Waals surface area contributed by atoms with Crippen LogP contribution in [0, 0.1) is 6.92 Å². The lowest BCUT2D eigenvalue weighted by Crippen LogP contribution is -2.34. The average Bonchev–Trinajstić information content (AvgIpc) is 2.46.